The second-order valence-electron chi connectivity index (χ2n) is 1.40. The maximum absolute atomic E-state index is 10.1. The van der Waals surface area contributed by atoms with Crippen LogP contribution in [0.4, 0.5) is 0 Å². The Bertz CT molecular complexity index is 229. The summed E-state index contributed by atoms with van der Waals surface area (Å²) in [6, 6.07) is 1.59. The Morgan fingerprint density at radius 3 is 2.44 bits per heavy atom. The minimum absolute atomic E-state index is 0.462. The van der Waals surface area contributed by atoms with Crippen molar-refractivity contribution < 1.29 is 9.21 Å². The molecule has 0 fully saturated rings. The predicted octanol–water partition coefficient (Wildman–Crippen LogP) is 2.62. The Morgan fingerprint density at radius 2 is 2.22 bits per heavy atom. The fourth-order valence-electron chi connectivity index (χ4n) is 0.433. The van der Waals surface area contributed by atoms with E-state index in [9.17, 15) is 4.79 Å². The second kappa shape index (κ2) is 2.66. The van der Waals surface area contributed by atoms with Gasteiger partial charge in [0.2, 0.25) is 0 Å². The van der Waals surface area contributed by atoms with Gasteiger partial charge in [0.25, 0.3) is 0 Å². The Balaban J connectivity index is 3.15. The molecule has 0 aliphatic rings. The molecule has 0 radical (unpaired) electrons. The van der Waals surface area contributed by atoms with Crippen molar-refractivity contribution in [2.45, 2.75) is 0 Å². The van der Waals surface area contributed by atoms with Gasteiger partial charge in [-0.15, -0.1) is 0 Å². The van der Waals surface area contributed by atoms with E-state index in [2.05, 4.69) is 31.9 Å². The normalized spacial score (nSPS) is 9.56. The predicted molar refractivity (Wildman–Crippen MR) is 39.5 cm³/mol. The molecule has 0 aliphatic carbocycles. The van der Waals surface area contributed by atoms with Gasteiger partial charge in [0, 0.05) is 6.07 Å². The number of aldehydes is 1. The number of hydrogen-bond acceptors (Lipinski definition) is 2. The van der Waals surface area contributed by atoms with E-state index in [0.717, 1.165) is 6.29 Å². The van der Waals surface area contributed by atoms with Crippen LogP contribution in [0.1, 0.15) is 10.4 Å². The van der Waals surface area contributed by atoms with Crippen LogP contribution in [0.2, 0.25) is 0 Å². The zero-order valence-electron chi connectivity index (χ0n) is 4.23. The van der Waals surface area contributed by atoms with Gasteiger partial charge in [-0.3, -0.25) is 4.79 Å². The lowest BCUT2D eigenvalue weighted by Crippen LogP contribution is -1.70. The largest absolute Gasteiger partial charge is 0.442 e. The van der Waals surface area contributed by atoms with E-state index in [1.807, 2.05) is 0 Å². The first-order valence-electron chi connectivity index (χ1n) is 2.14. The minimum Gasteiger partial charge on any atom is -0.442 e. The number of halogens is 2. The van der Waals surface area contributed by atoms with Crippen molar-refractivity contribution in [1.82, 2.24) is 0 Å². The monoisotopic (exact) mass is 252 g/mol. The standard InChI is InChI=1S/C5H2Br2O2/c6-4-1-3(2-8)5(7)9-4/h1-2H. The zero-order valence-corrected chi connectivity index (χ0v) is 7.40. The molecule has 0 aliphatic heterocycles. The fraction of sp³-hybridized carbons (Fsp3) is 0. The summed E-state index contributed by atoms with van der Waals surface area (Å²) in [5, 5.41) is 0. The average molecular weight is 254 g/mol. The summed E-state index contributed by atoms with van der Waals surface area (Å²) in [6.45, 7) is 0. The smallest absolute Gasteiger partial charge is 0.181 e. The first-order valence-corrected chi connectivity index (χ1v) is 3.72. The molecular formula is C5H2Br2O2. The molecule has 4 heteroatoms. The first kappa shape index (κ1) is 7.02. The third kappa shape index (κ3) is 1.43. The SMILES string of the molecule is O=Cc1cc(Br)oc1Br. The zero-order chi connectivity index (χ0) is 6.85. The van der Waals surface area contributed by atoms with Crippen molar-refractivity contribution in [3.8, 4) is 0 Å². The van der Waals surface area contributed by atoms with Gasteiger partial charge >= 0.3 is 0 Å². The highest BCUT2D eigenvalue weighted by atomic mass is 79.9. The molecule has 1 aromatic heterocycles. The average Bonchev–Trinajstić information content (AvgIpc) is 2.10. The summed E-state index contributed by atoms with van der Waals surface area (Å²) >= 11 is 6.12. The quantitative estimate of drug-likeness (QED) is 0.721. The van der Waals surface area contributed by atoms with E-state index in [1.165, 1.54) is 0 Å². The van der Waals surface area contributed by atoms with Crippen molar-refractivity contribution in [1.29, 1.82) is 0 Å². The number of carbonyl (C=O) groups excluding carboxylic acids is 1. The van der Waals surface area contributed by atoms with Gasteiger partial charge in [0.05, 0.1) is 5.56 Å². The summed E-state index contributed by atoms with van der Waals surface area (Å²) in [4.78, 5) is 10.1. The van der Waals surface area contributed by atoms with E-state index >= 15 is 0 Å². The Labute approximate surface area is 68.5 Å². The fourth-order valence-corrected chi connectivity index (χ4v) is 1.44. The number of carbonyl (C=O) groups is 1. The molecule has 0 amide bonds. The van der Waals surface area contributed by atoms with Crippen LogP contribution in [0.15, 0.2) is 19.8 Å². The molecular weight excluding hydrogens is 252 g/mol. The van der Waals surface area contributed by atoms with Gasteiger partial charge in [-0.2, -0.15) is 0 Å². The molecule has 1 rings (SSSR count). The van der Waals surface area contributed by atoms with Crippen molar-refractivity contribution in [2.24, 2.45) is 0 Å². The van der Waals surface area contributed by atoms with Crippen molar-refractivity contribution in [2.75, 3.05) is 0 Å². The lowest BCUT2D eigenvalue weighted by molar-refractivity contribution is 0.112. The van der Waals surface area contributed by atoms with Crippen LogP contribution in [0.3, 0.4) is 0 Å². The highest BCUT2D eigenvalue weighted by Gasteiger charge is 2.03. The molecule has 0 N–H and O–H groups in total. The van der Waals surface area contributed by atoms with Crippen LogP contribution in [0, 0.1) is 0 Å². The van der Waals surface area contributed by atoms with Crippen LogP contribution < -0.4 is 0 Å². The number of rotatable bonds is 1. The molecule has 0 saturated heterocycles. The van der Waals surface area contributed by atoms with E-state index < -0.39 is 0 Å². The Morgan fingerprint density at radius 1 is 1.56 bits per heavy atom. The summed E-state index contributed by atoms with van der Waals surface area (Å²) in [5.74, 6) is 0. The molecule has 1 aromatic rings. The molecule has 0 saturated carbocycles. The molecule has 0 aromatic carbocycles. The highest BCUT2D eigenvalue weighted by Crippen LogP contribution is 2.23. The molecule has 1 heterocycles. The van der Waals surface area contributed by atoms with Gasteiger partial charge in [-0.25, -0.2) is 0 Å². The summed E-state index contributed by atoms with van der Waals surface area (Å²) < 4.78 is 5.92. The lowest BCUT2D eigenvalue weighted by atomic mass is 10.4. The molecule has 0 atom stereocenters. The third-order valence-electron chi connectivity index (χ3n) is 0.810. The van der Waals surface area contributed by atoms with E-state index in [0.29, 0.717) is 14.9 Å². The highest BCUT2D eigenvalue weighted by molar-refractivity contribution is 9.11. The van der Waals surface area contributed by atoms with E-state index in [4.69, 9.17) is 4.42 Å². The van der Waals surface area contributed by atoms with E-state index in [-0.39, 0.29) is 0 Å². The third-order valence-corrected chi connectivity index (χ3v) is 1.82. The minimum atomic E-state index is 0.462. The molecule has 0 bridgehead atoms. The maximum Gasteiger partial charge on any atom is 0.181 e. The van der Waals surface area contributed by atoms with Crippen LogP contribution in [-0.2, 0) is 0 Å². The van der Waals surface area contributed by atoms with Crippen LogP contribution >= 0.6 is 31.9 Å². The van der Waals surface area contributed by atoms with Crippen LogP contribution in [0.5, 0.6) is 0 Å². The van der Waals surface area contributed by atoms with Crippen LogP contribution in [0.25, 0.3) is 0 Å². The topological polar surface area (TPSA) is 30.2 Å². The Hall–Kier alpha value is -0.0900. The maximum atomic E-state index is 10.1. The van der Waals surface area contributed by atoms with Gasteiger partial charge in [-0.05, 0) is 31.9 Å². The van der Waals surface area contributed by atoms with Crippen molar-refractivity contribution in [3.05, 3.63) is 21.0 Å². The molecule has 48 valence electrons. The van der Waals surface area contributed by atoms with E-state index in [1.54, 1.807) is 6.07 Å². The lowest BCUT2D eigenvalue weighted by Gasteiger charge is -1.76. The van der Waals surface area contributed by atoms with Crippen molar-refractivity contribution in [3.63, 3.8) is 0 Å². The number of furan rings is 1. The van der Waals surface area contributed by atoms with Gasteiger partial charge in [0.1, 0.15) is 0 Å². The van der Waals surface area contributed by atoms with Crippen molar-refractivity contribution >= 4 is 38.1 Å². The Kier molecular flexibility index (Phi) is 2.08. The molecule has 0 unspecified atom stereocenters. The summed E-state index contributed by atoms with van der Waals surface area (Å²) in [7, 11) is 0. The van der Waals surface area contributed by atoms with Crippen LogP contribution in [-0.4, -0.2) is 6.29 Å². The molecule has 9 heavy (non-hydrogen) atoms. The second-order valence-corrected chi connectivity index (χ2v) is 2.90. The van der Waals surface area contributed by atoms with Gasteiger partial charge in [0.15, 0.2) is 15.6 Å². The molecule has 2 nitrogen and oxygen atoms in total. The van der Waals surface area contributed by atoms with Gasteiger partial charge < -0.3 is 4.42 Å². The summed E-state index contributed by atoms with van der Waals surface area (Å²) in [5.41, 5.74) is 0.516. The number of hydrogen-bond donors (Lipinski definition) is 0. The molecule has 0 spiro atoms. The first-order chi connectivity index (χ1) is 4.24. The van der Waals surface area contributed by atoms with Gasteiger partial charge in [-0.1, -0.05) is 0 Å². The summed E-state index contributed by atoms with van der Waals surface area (Å²) in [6.07, 6.45) is 0.721.